The maximum atomic E-state index is 12.9. The summed E-state index contributed by atoms with van der Waals surface area (Å²) in [6.45, 7) is 0.677. The first-order valence-corrected chi connectivity index (χ1v) is 8.55. The number of amides is 1. The predicted octanol–water partition coefficient (Wildman–Crippen LogP) is 4.88. The van der Waals surface area contributed by atoms with Crippen molar-refractivity contribution in [1.82, 2.24) is 4.90 Å². The van der Waals surface area contributed by atoms with E-state index in [4.69, 9.17) is 0 Å². The zero-order valence-corrected chi connectivity index (χ0v) is 13.9. The molecular formula is C23H19NO. The van der Waals surface area contributed by atoms with E-state index in [2.05, 4.69) is 30.3 Å². The molecule has 3 aromatic rings. The average molecular weight is 325 g/mol. The second-order valence-corrected chi connectivity index (χ2v) is 6.18. The maximum Gasteiger partial charge on any atom is 0.258 e. The lowest BCUT2D eigenvalue weighted by atomic mass is 10.1. The molecule has 0 saturated carbocycles. The van der Waals surface area contributed by atoms with E-state index in [1.165, 1.54) is 5.56 Å². The average Bonchev–Trinajstić information content (AvgIpc) is 2.94. The van der Waals surface area contributed by atoms with Gasteiger partial charge in [-0.3, -0.25) is 4.79 Å². The lowest BCUT2D eigenvalue weighted by Crippen LogP contribution is -2.25. The van der Waals surface area contributed by atoms with E-state index < -0.39 is 0 Å². The van der Waals surface area contributed by atoms with Gasteiger partial charge in [-0.2, -0.15) is 0 Å². The molecule has 1 aliphatic heterocycles. The van der Waals surface area contributed by atoms with Gasteiger partial charge >= 0.3 is 0 Å². The zero-order chi connectivity index (χ0) is 17.1. The first-order chi connectivity index (χ1) is 12.3. The molecule has 2 nitrogen and oxygen atoms in total. The lowest BCUT2D eigenvalue weighted by molar-refractivity contribution is 0.0852. The van der Waals surface area contributed by atoms with Gasteiger partial charge in [0.25, 0.3) is 5.91 Å². The highest BCUT2D eigenvalue weighted by Gasteiger charge is 2.31. The summed E-state index contributed by atoms with van der Waals surface area (Å²) in [6, 6.07) is 28.3. The second kappa shape index (κ2) is 6.78. The molecular weight excluding hydrogens is 306 g/mol. The summed E-state index contributed by atoms with van der Waals surface area (Å²) < 4.78 is 0. The van der Waals surface area contributed by atoms with Crippen molar-refractivity contribution in [3.63, 3.8) is 0 Å². The number of rotatable bonds is 4. The van der Waals surface area contributed by atoms with E-state index in [-0.39, 0.29) is 5.91 Å². The molecule has 0 spiro atoms. The molecule has 0 saturated heterocycles. The Hall–Kier alpha value is -3.13. The number of carbonyl (C=O) groups is 1. The molecule has 0 atom stereocenters. The molecule has 0 unspecified atom stereocenters. The van der Waals surface area contributed by atoms with Crippen LogP contribution in [-0.4, -0.2) is 17.4 Å². The van der Waals surface area contributed by atoms with E-state index in [1.807, 2.05) is 65.6 Å². The minimum Gasteiger partial charge on any atom is -0.307 e. The fourth-order valence-electron chi connectivity index (χ4n) is 3.26. The van der Waals surface area contributed by atoms with E-state index in [9.17, 15) is 4.79 Å². The summed E-state index contributed by atoms with van der Waals surface area (Å²) in [4.78, 5) is 14.8. The number of hydrogen-bond donors (Lipinski definition) is 0. The summed E-state index contributed by atoms with van der Waals surface area (Å²) in [5.74, 6) is 0.0914. The minimum atomic E-state index is 0.0914. The standard InChI is InChI=1S/C23H19NO/c25-23-21-14-8-7-13-20(21)22(17-19-11-5-2-6-12-19)24(23)16-15-18-9-3-1-4-10-18/h1-14,17H,15-16H2/b22-17-. The summed E-state index contributed by atoms with van der Waals surface area (Å²) >= 11 is 0. The van der Waals surface area contributed by atoms with Crippen LogP contribution in [0, 0.1) is 0 Å². The number of hydrogen-bond acceptors (Lipinski definition) is 1. The number of benzene rings is 3. The smallest absolute Gasteiger partial charge is 0.258 e. The Balaban J connectivity index is 1.69. The zero-order valence-electron chi connectivity index (χ0n) is 13.9. The van der Waals surface area contributed by atoms with Crippen molar-refractivity contribution < 1.29 is 4.79 Å². The van der Waals surface area contributed by atoms with Crippen molar-refractivity contribution in [1.29, 1.82) is 0 Å². The van der Waals surface area contributed by atoms with E-state index >= 15 is 0 Å². The molecule has 4 rings (SSSR count). The van der Waals surface area contributed by atoms with Crippen LogP contribution in [0.4, 0.5) is 0 Å². The number of carbonyl (C=O) groups excluding carboxylic acids is 1. The van der Waals surface area contributed by atoms with Crippen LogP contribution in [-0.2, 0) is 6.42 Å². The second-order valence-electron chi connectivity index (χ2n) is 6.18. The summed E-state index contributed by atoms with van der Waals surface area (Å²) in [5.41, 5.74) is 5.14. The molecule has 1 amide bonds. The molecule has 1 heterocycles. The van der Waals surface area contributed by atoms with E-state index in [1.54, 1.807) is 0 Å². The van der Waals surface area contributed by atoms with Crippen LogP contribution in [0.3, 0.4) is 0 Å². The van der Waals surface area contributed by atoms with E-state index in [0.717, 1.165) is 28.8 Å². The molecule has 0 aromatic heterocycles. The van der Waals surface area contributed by atoms with Gasteiger partial charge in [-0.15, -0.1) is 0 Å². The molecule has 1 aliphatic rings. The van der Waals surface area contributed by atoms with Crippen LogP contribution in [0.5, 0.6) is 0 Å². The van der Waals surface area contributed by atoms with Gasteiger partial charge < -0.3 is 4.90 Å². The van der Waals surface area contributed by atoms with Crippen LogP contribution < -0.4 is 0 Å². The highest BCUT2D eigenvalue weighted by Crippen LogP contribution is 2.34. The molecule has 2 heteroatoms. The van der Waals surface area contributed by atoms with Crippen molar-refractivity contribution in [3.05, 3.63) is 107 Å². The van der Waals surface area contributed by atoms with Gasteiger partial charge in [0.2, 0.25) is 0 Å². The van der Waals surface area contributed by atoms with Crippen molar-refractivity contribution in [3.8, 4) is 0 Å². The normalized spacial score (nSPS) is 14.8. The molecule has 25 heavy (non-hydrogen) atoms. The van der Waals surface area contributed by atoms with Gasteiger partial charge in [0.15, 0.2) is 0 Å². The van der Waals surface area contributed by atoms with Crippen molar-refractivity contribution in [2.75, 3.05) is 6.54 Å². The highest BCUT2D eigenvalue weighted by molar-refractivity contribution is 6.11. The van der Waals surface area contributed by atoms with Crippen molar-refractivity contribution >= 4 is 17.7 Å². The third-order valence-electron chi connectivity index (χ3n) is 4.54. The van der Waals surface area contributed by atoms with Gasteiger partial charge in [-0.05, 0) is 29.7 Å². The topological polar surface area (TPSA) is 20.3 Å². The Morgan fingerprint density at radius 3 is 2.04 bits per heavy atom. The molecule has 0 N–H and O–H groups in total. The molecule has 0 bridgehead atoms. The predicted molar refractivity (Wildman–Crippen MR) is 102 cm³/mol. The monoisotopic (exact) mass is 325 g/mol. The molecule has 3 aromatic carbocycles. The first kappa shape index (κ1) is 15.4. The third kappa shape index (κ3) is 3.11. The fraction of sp³-hybridized carbons (Fsp3) is 0.0870. The Morgan fingerprint density at radius 1 is 0.720 bits per heavy atom. The third-order valence-corrected chi connectivity index (χ3v) is 4.54. The summed E-state index contributed by atoms with van der Waals surface area (Å²) in [6.07, 6.45) is 2.95. The molecule has 0 fully saturated rings. The van der Waals surface area contributed by atoms with Gasteiger partial charge in [-0.25, -0.2) is 0 Å². The highest BCUT2D eigenvalue weighted by atomic mass is 16.2. The van der Waals surface area contributed by atoms with Gasteiger partial charge in [0.05, 0.1) is 5.70 Å². The summed E-state index contributed by atoms with van der Waals surface area (Å²) in [5, 5.41) is 0. The van der Waals surface area contributed by atoms with Crippen LogP contribution in [0.2, 0.25) is 0 Å². The number of fused-ring (bicyclic) bond motifs is 1. The molecule has 0 aliphatic carbocycles. The van der Waals surface area contributed by atoms with Crippen molar-refractivity contribution in [2.24, 2.45) is 0 Å². The van der Waals surface area contributed by atoms with Crippen LogP contribution in [0.1, 0.15) is 27.0 Å². The summed E-state index contributed by atoms with van der Waals surface area (Å²) in [7, 11) is 0. The van der Waals surface area contributed by atoms with Crippen LogP contribution in [0.25, 0.3) is 11.8 Å². The van der Waals surface area contributed by atoms with Crippen LogP contribution in [0.15, 0.2) is 84.9 Å². The lowest BCUT2D eigenvalue weighted by Gasteiger charge is -2.18. The van der Waals surface area contributed by atoms with Gasteiger partial charge in [0, 0.05) is 17.7 Å². The largest absolute Gasteiger partial charge is 0.307 e. The fourth-order valence-corrected chi connectivity index (χ4v) is 3.26. The number of nitrogens with zero attached hydrogens (tertiary/aromatic N) is 1. The quantitative estimate of drug-likeness (QED) is 0.669. The van der Waals surface area contributed by atoms with Crippen LogP contribution >= 0.6 is 0 Å². The Bertz CT molecular complexity index is 913. The maximum absolute atomic E-state index is 12.9. The van der Waals surface area contributed by atoms with Gasteiger partial charge in [0.1, 0.15) is 0 Å². The van der Waals surface area contributed by atoms with Gasteiger partial charge in [-0.1, -0.05) is 78.9 Å². The first-order valence-electron chi connectivity index (χ1n) is 8.55. The van der Waals surface area contributed by atoms with Crippen molar-refractivity contribution in [2.45, 2.75) is 6.42 Å². The minimum absolute atomic E-state index is 0.0914. The Kier molecular flexibility index (Phi) is 4.17. The SMILES string of the molecule is O=C1c2ccccc2/C(=C/c2ccccc2)N1CCc1ccccc1. The Labute approximate surface area is 148 Å². The Morgan fingerprint density at radius 2 is 1.32 bits per heavy atom. The molecule has 0 radical (unpaired) electrons. The molecule has 122 valence electrons. The van der Waals surface area contributed by atoms with E-state index in [0.29, 0.717) is 6.54 Å².